The Kier molecular flexibility index (Phi) is 3.80. The van der Waals surface area contributed by atoms with Gasteiger partial charge in [0.05, 0.1) is 19.0 Å². The van der Waals surface area contributed by atoms with Gasteiger partial charge in [-0.25, -0.2) is 4.79 Å². The van der Waals surface area contributed by atoms with Crippen molar-refractivity contribution in [3.8, 4) is 0 Å². The van der Waals surface area contributed by atoms with E-state index in [4.69, 9.17) is 9.47 Å². The lowest BCUT2D eigenvalue weighted by Crippen LogP contribution is -2.61. The summed E-state index contributed by atoms with van der Waals surface area (Å²) < 4.78 is 10.1. The van der Waals surface area contributed by atoms with Gasteiger partial charge in [-0.1, -0.05) is 0 Å². The standard InChI is InChI=1S/C16H23NO7/c1-9-13(18)24-11-5-7-17(22)6-4-10(12(11)17)8-23-14(19)16(3,21)15(9,2)20/h4,9,11-12,20-21H,5-8H2,1-3H3/t9-,11+,12+,15-,16+,17?/m0/s1. The second-order valence-electron chi connectivity index (χ2n) is 7.36. The molecule has 8 heteroatoms. The first kappa shape index (κ1) is 17.3. The summed E-state index contributed by atoms with van der Waals surface area (Å²) in [6.45, 7) is 4.08. The zero-order valence-corrected chi connectivity index (χ0v) is 14.0. The van der Waals surface area contributed by atoms with E-state index in [0.29, 0.717) is 18.5 Å². The Labute approximate surface area is 139 Å². The lowest BCUT2D eigenvalue weighted by Gasteiger charge is -2.40. The number of hydrogen-bond acceptors (Lipinski definition) is 7. The Morgan fingerprint density at radius 1 is 1.33 bits per heavy atom. The number of nitrogens with zero attached hydrogens (tertiary/aromatic N) is 1. The highest BCUT2D eigenvalue weighted by Crippen LogP contribution is 2.40. The van der Waals surface area contributed by atoms with Crippen LogP contribution in [0.15, 0.2) is 11.6 Å². The monoisotopic (exact) mass is 341 g/mol. The van der Waals surface area contributed by atoms with E-state index < -0.39 is 45.9 Å². The molecule has 0 aromatic carbocycles. The molecule has 2 N–H and O–H groups in total. The zero-order valence-electron chi connectivity index (χ0n) is 14.0. The summed E-state index contributed by atoms with van der Waals surface area (Å²) in [6.07, 6.45) is 1.50. The van der Waals surface area contributed by atoms with Crippen LogP contribution < -0.4 is 0 Å². The van der Waals surface area contributed by atoms with Gasteiger partial charge in [0.1, 0.15) is 12.2 Å². The summed E-state index contributed by atoms with van der Waals surface area (Å²) in [5.74, 6) is -2.97. The molecule has 0 aliphatic carbocycles. The van der Waals surface area contributed by atoms with E-state index in [1.807, 2.05) is 0 Å². The number of aliphatic hydroxyl groups is 2. The molecule has 0 spiro atoms. The van der Waals surface area contributed by atoms with Crippen molar-refractivity contribution in [3.05, 3.63) is 16.9 Å². The van der Waals surface area contributed by atoms with Gasteiger partial charge in [0, 0.05) is 12.0 Å². The number of quaternary nitrogens is 1. The number of rotatable bonds is 0. The maximum absolute atomic E-state index is 12.8. The maximum Gasteiger partial charge on any atom is 0.341 e. The van der Waals surface area contributed by atoms with E-state index in [9.17, 15) is 25.0 Å². The molecule has 0 aromatic heterocycles. The molecular formula is C16H23NO7. The van der Waals surface area contributed by atoms with Crippen LogP contribution in [0.25, 0.3) is 0 Å². The summed E-state index contributed by atoms with van der Waals surface area (Å²) in [4.78, 5) is 24.7. The van der Waals surface area contributed by atoms with Crippen molar-refractivity contribution in [2.45, 2.75) is 50.5 Å². The number of carbonyl (C=O) groups excluding carboxylic acids is 2. The van der Waals surface area contributed by atoms with Crippen molar-refractivity contribution in [1.82, 2.24) is 0 Å². The second kappa shape index (κ2) is 5.26. The largest absolute Gasteiger partial charge is 0.632 e. The average molecular weight is 341 g/mol. The Balaban J connectivity index is 1.99. The summed E-state index contributed by atoms with van der Waals surface area (Å²) in [5.41, 5.74) is -3.79. The molecule has 1 unspecified atom stereocenters. The van der Waals surface area contributed by atoms with Gasteiger partial charge in [0.2, 0.25) is 0 Å². The molecule has 8 nitrogen and oxygen atoms in total. The van der Waals surface area contributed by atoms with E-state index in [0.717, 1.165) is 6.92 Å². The molecular weight excluding hydrogens is 318 g/mol. The van der Waals surface area contributed by atoms with Crippen LogP contribution >= 0.6 is 0 Å². The lowest BCUT2D eigenvalue weighted by molar-refractivity contribution is -0.877. The van der Waals surface area contributed by atoms with Gasteiger partial charge in [-0.2, -0.15) is 0 Å². The van der Waals surface area contributed by atoms with Crippen LogP contribution in [0.3, 0.4) is 0 Å². The number of ether oxygens (including phenoxy) is 2. The fourth-order valence-electron chi connectivity index (χ4n) is 3.75. The minimum absolute atomic E-state index is 0.166. The molecule has 3 aliphatic heterocycles. The van der Waals surface area contributed by atoms with Crippen LogP contribution in [-0.4, -0.2) is 69.8 Å². The molecule has 2 saturated heterocycles. The molecule has 3 heterocycles. The lowest BCUT2D eigenvalue weighted by atomic mass is 9.76. The van der Waals surface area contributed by atoms with Gasteiger partial charge in [0.25, 0.3) is 0 Å². The predicted molar refractivity (Wildman–Crippen MR) is 81.1 cm³/mol. The van der Waals surface area contributed by atoms with Crippen LogP contribution in [0.4, 0.5) is 0 Å². The van der Waals surface area contributed by atoms with Crippen LogP contribution in [-0.2, 0) is 19.1 Å². The predicted octanol–water partition coefficient (Wildman–Crippen LogP) is -0.380. The number of hydrogen-bond donors (Lipinski definition) is 2. The van der Waals surface area contributed by atoms with Gasteiger partial charge >= 0.3 is 11.9 Å². The Hall–Kier alpha value is -1.48. The van der Waals surface area contributed by atoms with Crippen molar-refractivity contribution in [2.75, 3.05) is 19.7 Å². The first-order valence-electron chi connectivity index (χ1n) is 8.10. The molecule has 0 amide bonds. The highest BCUT2D eigenvalue weighted by molar-refractivity contribution is 5.83. The summed E-state index contributed by atoms with van der Waals surface area (Å²) in [5, 5.41) is 33.9. The molecule has 24 heavy (non-hydrogen) atoms. The van der Waals surface area contributed by atoms with Crippen LogP contribution in [0.1, 0.15) is 27.2 Å². The smallest absolute Gasteiger partial charge is 0.341 e. The van der Waals surface area contributed by atoms with Crippen LogP contribution in [0, 0.1) is 11.1 Å². The number of cyclic esters (lactones) is 1. The van der Waals surface area contributed by atoms with Gasteiger partial charge < -0.3 is 29.5 Å². The van der Waals surface area contributed by atoms with Crippen molar-refractivity contribution in [2.24, 2.45) is 5.92 Å². The molecule has 134 valence electrons. The molecule has 6 atom stereocenters. The highest BCUT2D eigenvalue weighted by atomic mass is 16.6. The average Bonchev–Trinajstić information content (AvgIpc) is 2.99. The minimum Gasteiger partial charge on any atom is -0.632 e. The second-order valence-corrected chi connectivity index (χ2v) is 7.36. The van der Waals surface area contributed by atoms with Gasteiger partial charge in [-0.05, 0) is 26.8 Å². The highest BCUT2D eigenvalue weighted by Gasteiger charge is 2.57. The molecule has 0 aromatic rings. The zero-order chi connectivity index (χ0) is 17.9. The summed E-state index contributed by atoms with van der Waals surface area (Å²) in [7, 11) is 0. The third-order valence-corrected chi connectivity index (χ3v) is 5.91. The Bertz CT molecular complexity index is 612. The van der Waals surface area contributed by atoms with Gasteiger partial charge in [0.15, 0.2) is 17.7 Å². The molecule has 3 aliphatic rings. The maximum atomic E-state index is 12.8. The van der Waals surface area contributed by atoms with Gasteiger partial charge in [-0.3, -0.25) is 4.79 Å². The fraction of sp³-hybridized carbons (Fsp3) is 0.750. The minimum atomic E-state index is -2.30. The van der Waals surface area contributed by atoms with Crippen molar-refractivity contribution < 1.29 is 33.9 Å². The van der Waals surface area contributed by atoms with Crippen LogP contribution in [0.2, 0.25) is 0 Å². The number of esters is 2. The third kappa shape index (κ3) is 2.28. The number of hydroxylamine groups is 3. The summed E-state index contributed by atoms with van der Waals surface area (Å²) in [6, 6.07) is -0.595. The van der Waals surface area contributed by atoms with Gasteiger partial charge in [-0.15, -0.1) is 0 Å². The normalized spacial score (nSPS) is 48.9. The third-order valence-electron chi connectivity index (χ3n) is 5.91. The Morgan fingerprint density at radius 2 is 2.00 bits per heavy atom. The molecule has 3 rings (SSSR count). The molecule has 0 saturated carbocycles. The first-order valence-corrected chi connectivity index (χ1v) is 8.10. The van der Waals surface area contributed by atoms with E-state index in [-0.39, 0.29) is 13.2 Å². The van der Waals surface area contributed by atoms with E-state index in [1.165, 1.54) is 13.8 Å². The van der Waals surface area contributed by atoms with Crippen molar-refractivity contribution in [3.63, 3.8) is 0 Å². The fourth-order valence-corrected chi connectivity index (χ4v) is 3.75. The summed E-state index contributed by atoms with van der Waals surface area (Å²) >= 11 is 0. The van der Waals surface area contributed by atoms with E-state index >= 15 is 0 Å². The SMILES string of the molecule is C[C@H]1C(=O)O[C@@H]2CC[N+]3([O-])CC=C(COC(=O)[C@@](C)(O)[C@@]1(C)O)[C@H]23. The Morgan fingerprint density at radius 3 is 2.67 bits per heavy atom. The van der Waals surface area contributed by atoms with E-state index in [1.54, 1.807) is 6.08 Å². The molecule has 0 radical (unpaired) electrons. The topological polar surface area (TPSA) is 116 Å². The molecule has 2 fully saturated rings. The van der Waals surface area contributed by atoms with Crippen molar-refractivity contribution >= 4 is 11.9 Å². The first-order chi connectivity index (χ1) is 11.0. The van der Waals surface area contributed by atoms with E-state index in [2.05, 4.69) is 0 Å². The van der Waals surface area contributed by atoms with Crippen LogP contribution in [0.5, 0.6) is 0 Å². The number of carbonyl (C=O) groups is 2. The quantitative estimate of drug-likeness (QED) is 0.267. The van der Waals surface area contributed by atoms with Crippen molar-refractivity contribution in [1.29, 1.82) is 0 Å². The molecule has 0 bridgehead atoms.